The number of carbonyl (C=O) groups is 1. The van der Waals surface area contributed by atoms with Crippen LogP contribution in [-0.2, 0) is 11.2 Å². The first kappa shape index (κ1) is 23.5. The Kier molecular flexibility index (Phi) is 8.85. The molecule has 168 valence electrons. The van der Waals surface area contributed by atoms with Gasteiger partial charge in [0.2, 0.25) is 0 Å². The zero-order chi connectivity index (χ0) is 22.8. The summed E-state index contributed by atoms with van der Waals surface area (Å²) in [4.78, 5) is 12.5. The maximum Gasteiger partial charge on any atom is 0.314 e. The van der Waals surface area contributed by atoms with Gasteiger partial charge in [-0.05, 0) is 65.9 Å². The molecule has 0 heterocycles. The number of hydrogen-bond donors (Lipinski definition) is 0. The minimum Gasteiger partial charge on any atom is -0.494 e. The molecular formula is C28H31FO3. The number of esters is 1. The van der Waals surface area contributed by atoms with Crippen molar-refractivity contribution in [1.82, 2.24) is 0 Å². The van der Waals surface area contributed by atoms with Gasteiger partial charge in [-0.15, -0.1) is 0 Å². The molecule has 0 aliphatic carbocycles. The van der Waals surface area contributed by atoms with E-state index in [0.29, 0.717) is 12.2 Å². The Morgan fingerprint density at radius 2 is 1.41 bits per heavy atom. The van der Waals surface area contributed by atoms with E-state index in [-0.39, 0.29) is 17.7 Å². The summed E-state index contributed by atoms with van der Waals surface area (Å²) in [6.45, 7) is 4.80. The smallest absolute Gasteiger partial charge is 0.314 e. The van der Waals surface area contributed by atoms with E-state index in [0.717, 1.165) is 35.5 Å². The van der Waals surface area contributed by atoms with Crippen molar-refractivity contribution in [3.05, 3.63) is 84.2 Å². The summed E-state index contributed by atoms with van der Waals surface area (Å²) in [7, 11) is 0. The van der Waals surface area contributed by atoms with E-state index in [1.54, 1.807) is 24.3 Å². The molecule has 0 bridgehead atoms. The van der Waals surface area contributed by atoms with Gasteiger partial charge >= 0.3 is 5.97 Å². The summed E-state index contributed by atoms with van der Waals surface area (Å²) < 4.78 is 24.4. The Labute approximate surface area is 190 Å². The molecule has 0 N–H and O–H groups in total. The van der Waals surface area contributed by atoms with Crippen molar-refractivity contribution in [2.45, 2.75) is 46.0 Å². The molecule has 1 unspecified atom stereocenters. The zero-order valence-electron chi connectivity index (χ0n) is 18.9. The fourth-order valence-corrected chi connectivity index (χ4v) is 3.45. The van der Waals surface area contributed by atoms with E-state index >= 15 is 0 Å². The monoisotopic (exact) mass is 434 g/mol. The molecule has 0 radical (unpaired) electrons. The highest BCUT2D eigenvalue weighted by atomic mass is 19.1. The van der Waals surface area contributed by atoms with Crippen molar-refractivity contribution in [1.29, 1.82) is 0 Å². The molecule has 3 nitrogen and oxygen atoms in total. The van der Waals surface area contributed by atoms with Gasteiger partial charge < -0.3 is 9.47 Å². The van der Waals surface area contributed by atoms with Crippen molar-refractivity contribution >= 4 is 5.97 Å². The lowest BCUT2D eigenvalue weighted by atomic mass is 10.0. The predicted molar refractivity (Wildman–Crippen MR) is 126 cm³/mol. The van der Waals surface area contributed by atoms with Gasteiger partial charge in [-0.1, -0.05) is 69.5 Å². The Morgan fingerprint density at radius 3 is 2.03 bits per heavy atom. The van der Waals surface area contributed by atoms with Crippen LogP contribution in [0.5, 0.6) is 11.5 Å². The Balaban J connectivity index is 1.47. The Hall–Kier alpha value is -3.14. The highest BCUT2D eigenvalue weighted by molar-refractivity contribution is 5.75. The maximum atomic E-state index is 13.1. The number of rotatable bonds is 11. The summed E-state index contributed by atoms with van der Waals surface area (Å²) >= 11 is 0. The van der Waals surface area contributed by atoms with Crippen molar-refractivity contribution in [3.63, 3.8) is 0 Å². The van der Waals surface area contributed by atoms with E-state index in [9.17, 15) is 9.18 Å². The fraction of sp³-hybridized carbons (Fsp3) is 0.321. The predicted octanol–water partition coefficient (Wildman–Crippen LogP) is 7.24. The van der Waals surface area contributed by atoms with Crippen molar-refractivity contribution < 1.29 is 18.7 Å². The maximum absolute atomic E-state index is 13.1. The summed E-state index contributed by atoms with van der Waals surface area (Å²) in [5.41, 5.74) is 2.91. The zero-order valence-corrected chi connectivity index (χ0v) is 18.9. The third-order valence-corrected chi connectivity index (χ3v) is 5.38. The molecule has 0 aliphatic heterocycles. The van der Waals surface area contributed by atoms with Crippen LogP contribution in [0, 0.1) is 11.7 Å². The largest absolute Gasteiger partial charge is 0.494 e. The third-order valence-electron chi connectivity index (χ3n) is 5.38. The molecule has 3 rings (SSSR count). The summed E-state index contributed by atoms with van der Waals surface area (Å²) in [5, 5.41) is 0. The van der Waals surface area contributed by atoms with Crippen LogP contribution in [-0.4, -0.2) is 12.6 Å². The van der Waals surface area contributed by atoms with Gasteiger partial charge in [0, 0.05) is 0 Å². The highest BCUT2D eigenvalue weighted by Gasteiger charge is 2.16. The number of ether oxygens (including phenoxy) is 2. The molecule has 4 heteroatoms. The fourth-order valence-electron chi connectivity index (χ4n) is 3.45. The Morgan fingerprint density at radius 1 is 0.812 bits per heavy atom. The van der Waals surface area contributed by atoms with Crippen LogP contribution in [0.3, 0.4) is 0 Å². The van der Waals surface area contributed by atoms with Crippen LogP contribution >= 0.6 is 0 Å². The number of halogens is 1. The normalized spacial score (nSPS) is 11.7. The first-order chi connectivity index (χ1) is 15.5. The molecule has 0 aromatic heterocycles. The van der Waals surface area contributed by atoms with E-state index < -0.39 is 0 Å². The molecular weight excluding hydrogens is 403 g/mol. The highest BCUT2D eigenvalue weighted by Crippen LogP contribution is 2.24. The number of carbonyl (C=O) groups excluding carboxylic acids is 1. The lowest BCUT2D eigenvalue weighted by molar-refractivity contribution is -0.138. The van der Waals surface area contributed by atoms with Gasteiger partial charge in [-0.2, -0.15) is 0 Å². The lowest BCUT2D eigenvalue weighted by Gasteiger charge is -2.12. The minimum atomic E-state index is -0.271. The van der Waals surface area contributed by atoms with Crippen LogP contribution in [0.15, 0.2) is 72.8 Å². The van der Waals surface area contributed by atoms with E-state index in [4.69, 9.17) is 9.47 Å². The van der Waals surface area contributed by atoms with Gasteiger partial charge in [0.1, 0.15) is 17.3 Å². The summed E-state index contributed by atoms with van der Waals surface area (Å²) in [6.07, 6.45) is 5.33. The van der Waals surface area contributed by atoms with Crippen molar-refractivity contribution in [2.75, 3.05) is 6.61 Å². The average molecular weight is 435 g/mol. The van der Waals surface area contributed by atoms with Gasteiger partial charge in [0.05, 0.1) is 12.5 Å². The quantitative estimate of drug-likeness (QED) is 0.181. The molecule has 0 spiro atoms. The van der Waals surface area contributed by atoms with Crippen LogP contribution < -0.4 is 9.47 Å². The molecule has 0 fully saturated rings. The van der Waals surface area contributed by atoms with Crippen LogP contribution in [0.25, 0.3) is 11.1 Å². The van der Waals surface area contributed by atoms with Gasteiger partial charge in [-0.25, -0.2) is 4.39 Å². The summed E-state index contributed by atoms with van der Waals surface area (Å²) in [5.74, 6) is 0.558. The number of unbranched alkanes of at least 4 members (excludes halogenated alkanes) is 3. The SMILES string of the molecule is CCCCCCOc1ccc(CC(C)C(=O)Oc2ccc(-c3ccc(F)cc3)cc2)cc1. The second-order valence-corrected chi connectivity index (χ2v) is 8.11. The minimum absolute atomic E-state index is 0.266. The van der Waals surface area contributed by atoms with E-state index in [2.05, 4.69) is 6.92 Å². The Bertz CT molecular complexity index is 963. The first-order valence-electron chi connectivity index (χ1n) is 11.3. The van der Waals surface area contributed by atoms with E-state index in [1.807, 2.05) is 43.3 Å². The third kappa shape index (κ3) is 7.23. The molecule has 0 saturated carbocycles. The first-order valence-corrected chi connectivity index (χ1v) is 11.3. The van der Waals surface area contributed by atoms with Gasteiger partial charge in [0.15, 0.2) is 0 Å². The van der Waals surface area contributed by atoms with Gasteiger partial charge in [-0.3, -0.25) is 4.79 Å². The molecule has 32 heavy (non-hydrogen) atoms. The van der Waals surface area contributed by atoms with E-state index in [1.165, 1.54) is 31.4 Å². The number of benzene rings is 3. The number of hydrogen-bond acceptors (Lipinski definition) is 3. The second kappa shape index (κ2) is 12.0. The average Bonchev–Trinajstić information content (AvgIpc) is 2.81. The van der Waals surface area contributed by atoms with Crippen LogP contribution in [0.2, 0.25) is 0 Å². The molecule has 0 amide bonds. The van der Waals surface area contributed by atoms with Crippen molar-refractivity contribution in [3.8, 4) is 22.6 Å². The standard InChI is InChI=1S/C28H31FO3/c1-3-4-5-6-19-31-26-15-7-22(8-16-26)20-21(2)28(30)32-27-17-11-24(12-18-27)23-9-13-25(29)14-10-23/h7-18,21H,3-6,19-20H2,1-2H3. The molecule has 0 aliphatic rings. The van der Waals surface area contributed by atoms with Crippen LogP contribution in [0.4, 0.5) is 4.39 Å². The lowest BCUT2D eigenvalue weighted by Crippen LogP contribution is -2.19. The molecule has 3 aromatic carbocycles. The molecule has 1 atom stereocenters. The van der Waals surface area contributed by atoms with Crippen LogP contribution in [0.1, 0.15) is 45.1 Å². The second-order valence-electron chi connectivity index (χ2n) is 8.11. The summed E-state index contributed by atoms with van der Waals surface area (Å²) in [6, 6.07) is 21.5. The molecule has 0 saturated heterocycles. The van der Waals surface area contributed by atoms with Crippen molar-refractivity contribution in [2.24, 2.45) is 5.92 Å². The topological polar surface area (TPSA) is 35.5 Å². The molecule has 3 aromatic rings. The van der Waals surface area contributed by atoms with Gasteiger partial charge in [0.25, 0.3) is 0 Å².